The summed E-state index contributed by atoms with van der Waals surface area (Å²) in [5.74, 6) is -0.194. The van der Waals surface area contributed by atoms with E-state index >= 15 is 0 Å². The lowest BCUT2D eigenvalue weighted by Crippen LogP contribution is -2.36. The van der Waals surface area contributed by atoms with E-state index in [-0.39, 0.29) is 12.0 Å². The summed E-state index contributed by atoms with van der Waals surface area (Å²) in [6.45, 7) is 0. The number of hydrogen-bond acceptors (Lipinski definition) is 4. The Hall–Kier alpha value is -1.39. The van der Waals surface area contributed by atoms with E-state index in [0.717, 1.165) is 23.8 Å². The molecule has 4 heteroatoms. The Morgan fingerprint density at radius 3 is 2.85 bits per heavy atom. The van der Waals surface area contributed by atoms with Gasteiger partial charge in [-0.25, -0.2) is 4.79 Å². The van der Waals surface area contributed by atoms with E-state index in [2.05, 4.69) is 22.8 Å². The van der Waals surface area contributed by atoms with Crippen LogP contribution in [0, 0.1) is 0 Å². The summed E-state index contributed by atoms with van der Waals surface area (Å²) in [5, 5.41) is 6.72. The first-order valence-corrected chi connectivity index (χ1v) is 7.97. The second-order valence-electron chi connectivity index (χ2n) is 5.29. The zero-order valence-corrected chi connectivity index (χ0v) is 12.4. The minimum atomic E-state index is -0.348. The lowest BCUT2D eigenvalue weighted by Gasteiger charge is -2.20. The molecule has 0 aliphatic heterocycles. The molecule has 1 saturated carbocycles. The summed E-state index contributed by atoms with van der Waals surface area (Å²) in [6, 6.07) is 8.29. The molecule has 0 amide bonds. The molecule has 0 saturated heterocycles. The lowest BCUT2D eigenvalue weighted by molar-refractivity contribution is -0.143. The highest BCUT2D eigenvalue weighted by Gasteiger charge is 2.28. The first kappa shape index (κ1) is 13.6. The van der Waals surface area contributed by atoms with Gasteiger partial charge < -0.3 is 4.74 Å². The first-order chi connectivity index (χ1) is 9.79. The number of rotatable bonds is 4. The molecular weight excluding hydrogens is 270 g/mol. The fourth-order valence-electron chi connectivity index (χ4n) is 2.95. The molecule has 1 atom stereocenters. The lowest BCUT2D eigenvalue weighted by atomic mass is 10.0. The van der Waals surface area contributed by atoms with Crippen LogP contribution in [0.1, 0.15) is 37.3 Å². The molecule has 1 fully saturated rings. The predicted molar refractivity (Wildman–Crippen MR) is 82.0 cm³/mol. The van der Waals surface area contributed by atoms with Crippen LogP contribution in [-0.4, -0.2) is 19.1 Å². The summed E-state index contributed by atoms with van der Waals surface area (Å²) in [6.07, 6.45) is 4.79. The van der Waals surface area contributed by atoms with Crippen LogP contribution in [0.5, 0.6) is 0 Å². The van der Waals surface area contributed by atoms with Crippen molar-refractivity contribution in [1.29, 1.82) is 0 Å². The van der Waals surface area contributed by atoms with Crippen LogP contribution in [0.4, 0.5) is 0 Å². The molecule has 1 unspecified atom stereocenters. The molecule has 1 N–H and O–H groups in total. The van der Waals surface area contributed by atoms with Crippen molar-refractivity contribution in [2.24, 2.45) is 0 Å². The molecule has 2 aromatic rings. The molecule has 1 aliphatic rings. The van der Waals surface area contributed by atoms with Crippen LogP contribution in [0.3, 0.4) is 0 Å². The van der Waals surface area contributed by atoms with Crippen molar-refractivity contribution in [3.8, 4) is 0 Å². The van der Waals surface area contributed by atoms with E-state index in [0.29, 0.717) is 6.04 Å². The Kier molecular flexibility index (Phi) is 4.03. The molecule has 0 radical (unpaired) electrons. The van der Waals surface area contributed by atoms with Crippen LogP contribution in [0.25, 0.3) is 10.1 Å². The molecule has 1 aliphatic carbocycles. The van der Waals surface area contributed by atoms with E-state index in [9.17, 15) is 4.79 Å². The van der Waals surface area contributed by atoms with Gasteiger partial charge in [-0.15, -0.1) is 11.3 Å². The molecule has 0 spiro atoms. The maximum Gasteiger partial charge on any atom is 0.327 e. The molecule has 0 bridgehead atoms. The summed E-state index contributed by atoms with van der Waals surface area (Å²) < 4.78 is 6.21. The summed E-state index contributed by atoms with van der Waals surface area (Å²) >= 11 is 1.68. The van der Waals surface area contributed by atoms with E-state index < -0.39 is 0 Å². The highest BCUT2D eigenvalue weighted by atomic mass is 32.1. The smallest absolute Gasteiger partial charge is 0.327 e. The number of hydrogen-bond donors (Lipinski definition) is 1. The van der Waals surface area contributed by atoms with Crippen LogP contribution in [-0.2, 0) is 9.53 Å². The molecule has 3 nitrogen and oxygen atoms in total. The van der Waals surface area contributed by atoms with Gasteiger partial charge in [0.15, 0.2) is 0 Å². The number of methoxy groups -OCH3 is 1. The topological polar surface area (TPSA) is 38.3 Å². The van der Waals surface area contributed by atoms with Crippen LogP contribution < -0.4 is 5.32 Å². The van der Waals surface area contributed by atoms with Gasteiger partial charge in [0.2, 0.25) is 0 Å². The number of carbonyl (C=O) groups excluding carboxylic acids is 1. The molecule has 20 heavy (non-hydrogen) atoms. The highest BCUT2D eigenvalue weighted by Crippen LogP contribution is 2.32. The number of fused-ring (bicyclic) bond motifs is 1. The predicted octanol–water partition coefficient (Wildman–Crippen LogP) is 3.65. The van der Waals surface area contributed by atoms with Crippen molar-refractivity contribution in [1.82, 2.24) is 5.32 Å². The fraction of sp³-hybridized carbons (Fsp3) is 0.438. The van der Waals surface area contributed by atoms with Gasteiger partial charge in [0.1, 0.15) is 6.04 Å². The SMILES string of the molecule is COC(=O)C(NC1CCCC1)c1csc2ccccc12. The third kappa shape index (κ3) is 2.58. The van der Waals surface area contributed by atoms with E-state index in [1.54, 1.807) is 11.3 Å². The first-order valence-electron chi connectivity index (χ1n) is 7.09. The third-order valence-electron chi connectivity index (χ3n) is 4.02. The maximum absolute atomic E-state index is 12.2. The standard InChI is InChI=1S/C16H19NO2S/c1-19-16(18)15(17-11-6-2-3-7-11)13-10-20-14-9-5-4-8-12(13)14/h4-5,8-11,15,17H,2-3,6-7H2,1H3. The molecule has 1 aromatic heterocycles. The Morgan fingerprint density at radius 2 is 2.10 bits per heavy atom. The van der Waals surface area contributed by atoms with Gasteiger partial charge in [-0.1, -0.05) is 31.0 Å². The number of nitrogens with one attached hydrogen (secondary N) is 1. The second-order valence-corrected chi connectivity index (χ2v) is 6.20. The number of esters is 1. The average molecular weight is 289 g/mol. The summed E-state index contributed by atoms with van der Waals surface area (Å²) in [5.41, 5.74) is 1.05. The van der Waals surface area contributed by atoms with Crippen molar-refractivity contribution in [3.63, 3.8) is 0 Å². The molecule has 106 valence electrons. The monoisotopic (exact) mass is 289 g/mol. The third-order valence-corrected chi connectivity index (χ3v) is 5.00. The largest absolute Gasteiger partial charge is 0.468 e. The van der Waals surface area contributed by atoms with Crippen molar-refractivity contribution in [2.75, 3.05) is 7.11 Å². The Labute approximate surface area is 122 Å². The Balaban J connectivity index is 1.93. The van der Waals surface area contributed by atoms with Gasteiger partial charge in [-0.05, 0) is 35.2 Å². The van der Waals surface area contributed by atoms with Gasteiger partial charge in [0.05, 0.1) is 7.11 Å². The normalized spacial score (nSPS) is 17.4. The van der Waals surface area contributed by atoms with E-state index in [1.807, 2.05) is 12.1 Å². The van der Waals surface area contributed by atoms with Crippen LogP contribution >= 0.6 is 11.3 Å². The van der Waals surface area contributed by atoms with Gasteiger partial charge in [0, 0.05) is 10.7 Å². The number of benzene rings is 1. The fourth-order valence-corrected chi connectivity index (χ4v) is 3.94. The maximum atomic E-state index is 12.2. The van der Waals surface area contributed by atoms with Gasteiger partial charge in [-0.2, -0.15) is 0 Å². The Bertz CT molecular complexity index is 601. The molecular formula is C16H19NO2S. The second kappa shape index (κ2) is 5.94. The highest BCUT2D eigenvalue weighted by molar-refractivity contribution is 7.17. The van der Waals surface area contributed by atoms with Crippen molar-refractivity contribution >= 4 is 27.4 Å². The van der Waals surface area contributed by atoms with Crippen molar-refractivity contribution in [2.45, 2.75) is 37.8 Å². The number of thiophene rings is 1. The quantitative estimate of drug-likeness (QED) is 0.873. The number of carbonyl (C=O) groups is 1. The molecule has 3 rings (SSSR count). The molecule has 1 aromatic carbocycles. The summed E-state index contributed by atoms with van der Waals surface area (Å²) in [4.78, 5) is 12.2. The van der Waals surface area contributed by atoms with Gasteiger partial charge in [0.25, 0.3) is 0 Å². The number of ether oxygens (including phenoxy) is 1. The minimum Gasteiger partial charge on any atom is -0.468 e. The van der Waals surface area contributed by atoms with Gasteiger partial charge in [-0.3, -0.25) is 5.32 Å². The van der Waals surface area contributed by atoms with Crippen molar-refractivity contribution < 1.29 is 9.53 Å². The van der Waals surface area contributed by atoms with Crippen LogP contribution in [0.15, 0.2) is 29.6 Å². The van der Waals surface area contributed by atoms with Gasteiger partial charge >= 0.3 is 5.97 Å². The van der Waals surface area contributed by atoms with E-state index in [4.69, 9.17) is 4.74 Å². The Morgan fingerprint density at radius 1 is 1.35 bits per heavy atom. The molecule has 1 heterocycles. The average Bonchev–Trinajstić information content (AvgIpc) is 3.13. The zero-order chi connectivity index (χ0) is 13.9. The van der Waals surface area contributed by atoms with Crippen molar-refractivity contribution in [3.05, 3.63) is 35.2 Å². The summed E-state index contributed by atoms with van der Waals surface area (Å²) in [7, 11) is 1.46. The van der Waals surface area contributed by atoms with E-state index in [1.165, 1.54) is 24.7 Å². The van der Waals surface area contributed by atoms with Crippen LogP contribution in [0.2, 0.25) is 0 Å². The zero-order valence-electron chi connectivity index (χ0n) is 11.6. The minimum absolute atomic E-state index is 0.194.